The molecule has 0 amide bonds. The third kappa shape index (κ3) is 1.15. The predicted molar refractivity (Wildman–Crippen MR) is 65.8 cm³/mol. The molecule has 0 spiro atoms. The predicted octanol–water partition coefficient (Wildman–Crippen LogP) is 2.43. The zero-order chi connectivity index (χ0) is 11.2. The molecule has 1 aromatic carbocycles. The summed E-state index contributed by atoms with van der Waals surface area (Å²) in [6, 6.07) is 12.0. The van der Waals surface area contributed by atoms with Gasteiger partial charge in [0.15, 0.2) is 5.65 Å². The highest BCUT2D eigenvalue weighted by molar-refractivity contribution is 5.91. The number of hydrogen-bond acceptors (Lipinski definition) is 3. The molecule has 0 saturated carbocycles. The van der Waals surface area contributed by atoms with E-state index in [1.54, 1.807) is 12.5 Å². The molecule has 0 aliphatic heterocycles. The van der Waals surface area contributed by atoms with Gasteiger partial charge in [0, 0.05) is 11.6 Å². The van der Waals surface area contributed by atoms with Crippen molar-refractivity contribution < 1.29 is 0 Å². The van der Waals surface area contributed by atoms with Gasteiger partial charge in [0.1, 0.15) is 17.5 Å². The molecule has 0 saturated heterocycles. The number of hydrogen-bond donors (Lipinski definition) is 0. The van der Waals surface area contributed by atoms with E-state index in [4.69, 9.17) is 0 Å². The zero-order valence-corrected chi connectivity index (χ0v) is 8.91. The average molecular weight is 220 g/mol. The number of benzene rings is 1. The summed E-state index contributed by atoms with van der Waals surface area (Å²) in [5.74, 6) is 0. The minimum absolute atomic E-state index is 0.854. The van der Waals surface area contributed by atoms with Gasteiger partial charge < -0.3 is 0 Å². The van der Waals surface area contributed by atoms with Crippen molar-refractivity contribution in [3.05, 3.63) is 48.9 Å². The lowest BCUT2D eigenvalue weighted by atomic mass is 10.2. The van der Waals surface area contributed by atoms with Gasteiger partial charge >= 0.3 is 0 Å². The third-order valence-electron chi connectivity index (χ3n) is 2.89. The molecule has 0 aliphatic rings. The highest BCUT2D eigenvalue weighted by atomic mass is 15.1. The van der Waals surface area contributed by atoms with E-state index in [0.717, 1.165) is 27.7 Å². The Morgan fingerprint density at radius 2 is 1.88 bits per heavy atom. The van der Waals surface area contributed by atoms with Gasteiger partial charge in [0.2, 0.25) is 0 Å². The number of nitrogens with zero attached hydrogens (tertiary/aromatic N) is 4. The molecule has 4 nitrogen and oxygen atoms in total. The topological polar surface area (TPSA) is 43.1 Å². The van der Waals surface area contributed by atoms with Crippen LogP contribution in [-0.4, -0.2) is 19.4 Å². The van der Waals surface area contributed by atoms with Gasteiger partial charge in [-0.1, -0.05) is 18.2 Å². The summed E-state index contributed by atoms with van der Waals surface area (Å²) in [5, 5.41) is 1.11. The molecule has 80 valence electrons. The highest BCUT2D eigenvalue weighted by Crippen LogP contribution is 2.19. The Morgan fingerprint density at radius 3 is 2.88 bits per heavy atom. The lowest BCUT2D eigenvalue weighted by Crippen LogP contribution is -1.87. The average Bonchev–Trinajstić information content (AvgIpc) is 2.73. The van der Waals surface area contributed by atoms with E-state index in [0.29, 0.717) is 0 Å². The summed E-state index contributed by atoms with van der Waals surface area (Å²) < 4.78 is 1.90. The Bertz CT molecular complexity index is 842. The Morgan fingerprint density at radius 1 is 0.941 bits per heavy atom. The van der Waals surface area contributed by atoms with Gasteiger partial charge in [0.05, 0.1) is 5.52 Å². The van der Waals surface area contributed by atoms with Gasteiger partial charge in [-0.25, -0.2) is 15.0 Å². The molecular weight excluding hydrogens is 212 g/mol. The molecule has 0 N–H and O–H groups in total. The number of fused-ring (bicyclic) bond motifs is 4. The first kappa shape index (κ1) is 8.64. The molecule has 3 heterocycles. The number of para-hydroxylation sites is 1. The van der Waals surface area contributed by atoms with Crippen molar-refractivity contribution in [1.29, 1.82) is 0 Å². The van der Waals surface area contributed by atoms with Crippen molar-refractivity contribution in [3.63, 3.8) is 0 Å². The van der Waals surface area contributed by atoms with E-state index in [1.807, 2.05) is 34.7 Å². The fraction of sp³-hybridized carbons (Fsp3) is 0. The van der Waals surface area contributed by atoms with Gasteiger partial charge in [-0.05, 0) is 18.2 Å². The zero-order valence-electron chi connectivity index (χ0n) is 8.91. The Labute approximate surface area is 96.6 Å². The summed E-state index contributed by atoms with van der Waals surface area (Å²) in [6.07, 6.45) is 3.48. The maximum absolute atomic E-state index is 4.63. The smallest absolute Gasteiger partial charge is 0.166 e. The molecule has 0 unspecified atom stereocenters. The van der Waals surface area contributed by atoms with Gasteiger partial charge in [-0.2, -0.15) is 0 Å². The summed E-state index contributed by atoms with van der Waals surface area (Å²) in [4.78, 5) is 13.3. The maximum atomic E-state index is 4.63. The number of rotatable bonds is 0. The largest absolute Gasteiger partial charge is 0.267 e. The summed E-state index contributed by atoms with van der Waals surface area (Å²) >= 11 is 0. The number of pyridine rings is 1. The van der Waals surface area contributed by atoms with Crippen molar-refractivity contribution in [1.82, 2.24) is 19.4 Å². The second kappa shape index (κ2) is 3.01. The highest BCUT2D eigenvalue weighted by Gasteiger charge is 2.06. The van der Waals surface area contributed by atoms with Crippen molar-refractivity contribution in [2.24, 2.45) is 0 Å². The Hall–Kier alpha value is -2.49. The van der Waals surface area contributed by atoms with E-state index in [-0.39, 0.29) is 0 Å². The van der Waals surface area contributed by atoms with Crippen molar-refractivity contribution in [2.45, 2.75) is 0 Å². The molecule has 0 aliphatic carbocycles. The summed E-state index contributed by atoms with van der Waals surface area (Å²) in [6.45, 7) is 0. The van der Waals surface area contributed by atoms with Crippen LogP contribution < -0.4 is 0 Å². The van der Waals surface area contributed by atoms with E-state index in [9.17, 15) is 0 Å². The van der Waals surface area contributed by atoms with Gasteiger partial charge in [-0.3, -0.25) is 4.40 Å². The molecule has 17 heavy (non-hydrogen) atoms. The minimum atomic E-state index is 0.854. The third-order valence-corrected chi connectivity index (χ3v) is 2.89. The quantitative estimate of drug-likeness (QED) is 0.457. The minimum Gasteiger partial charge on any atom is -0.267 e. The van der Waals surface area contributed by atoms with Crippen LogP contribution in [0.3, 0.4) is 0 Å². The Kier molecular flexibility index (Phi) is 1.53. The van der Waals surface area contributed by atoms with Crippen LogP contribution in [0.5, 0.6) is 0 Å². The molecule has 0 radical (unpaired) electrons. The fourth-order valence-corrected chi connectivity index (χ4v) is 2.09. The first-order valence-corrected chi connectivity index (χ1v) is 5.39. The molecule has 4 aromatic rings. The van der Waals surface area contributed by atoms with Crippen molar-refractivity contribution in [2.75, 3.05) is 0 Å². The second-order valence-electron chi connectivity index (χ2n) is 3.94. The van der Waals surface area contributed by atoms with E-state index >= 15 is 0 Å². The summed E-state index contributed by atoms with van der Waals surface area (Å²) in [7, 11) is 0. The molecule has 0 fully saturated rings. The van der Waals surface area contributed by atoms with Crippen LogP contribution in [0.2, 0.25) is 0 Å². The molecule has 4 heteroatoms. The maximum Gasteiger partial charge on any atom is 0.166 e. The van der Waals surface area contributed by atoms with Crippen molar-refractivity contribution in [3.8, 4) is 0 Å². The lowest BCUT2D eigenvalue weighted by molar-refractivity contribution is 1.10. The first-order valence-electron chi connectivity index (χ1n) is 5.39. The molecule has 4 rings (SSSR count). The molecule has 3 aromatic heterocycles. The standard InChI is InChI=1S/C13H8N4/c1-2-4-10-9(3-1)7-11-13(16-10)17-8-14-6-5-12(17)15-11/h1-8H. The number of imidazole rings is 1. The second-order valence-corrected chi connectivity index (χ2v) is 3.94. The fourth-order valence-electron chi connectivity index (χ4n) is 2.09. The van der Waals surface area contributed by atoms with Crippen LogP contribution in [0.1, 0.15) is 0 Å². The van der Waals surface area contributed by atoms with E-state index in [2.05, 4.69) is 21.0 Å². The van der Waals surface area contributed by atoms with Crippen LogP contribution in [0.15, 0.2) is 48.9 Å². The van der Waals surface area contributed by atoms with Crippen LogP contribution >= 0.6 is 0 Å². The van der Waals surface area contributed by atoms with Gasteiger partial charge in [-0.15, -0.1) is 0 Å². The molecular formula is C13H8N4. The van der Waals surface area contributed by atoms with Crippen LogP contribution in [0.4, 0.5) is 0 Å². The molecule has 0 atom stereocenters. The SMILES string of the molecule is c1ccc2nc3c(cc2c1)nc1ccncn13. The Balaban J connectivity index is 2.28. The lowest BCUT2D eigenvalue weighted by Gasteiger charge is -1.96. The van der Waals surface area contributed by atoms with Crippen LogP contribution in [0, 0.1) is 0 Å². The van der Waals surface area contributed by atoms with E-state index in [1.165, 1.54) is 0 Å². The normalized spacial score (nSPS) is 11.5. The first-order chi connectivity index (χ1) is 8.42. The van der Waals surface area contributed by atoms with Crippen molar-refractivity contribution >= 4 is 27.7 Å². The van der Waals surface area contributed by atoms with E-state index < -0.39 is 0 Å². The van der Waals surface area contributed by atoms with Crippen LogP contribution in [0.25, 0.3) is 27.7 Å². The van der Waals surface area contributed by atoms with Crippen LogP contribution in [-0.2, 0) is 0 Å². The monoisotopic (exact) mass is 220 g/mol. The van der Waals surface area contributed by atoms with Gasteiger partial charge in [0.25, 0.3) is 0 Å². The molecule has 0 bridgehead atoms. The summed E-state index contributed by atoms with van der Waals surface area (Å²) in [5.41, 5.74) is 3.60. The number of aromatic nitrogens is 4.